The molecule has 2 aromatic heterocycles. The Hall–Kier alpha value is -3.19. The minimum absolute atomic E-state index is 0.0876. The van der Waals surface area contributed by atoms with Gasteiger partial charge < -0.3 is 9.80 Å². The summed E-state index contributed by atoms with van der Waals surface area (Å²) in [4.78, 5) is 35.7. The van der Waals surface area contributed by atoms with E-state index in [0.717, 1.165) is 41.2 Å². The van der Waals surface area contributed by atoms with Crippen molar-refractivity contribution in [3.8, 4) is 11.1 Å². The maximum atomic E-state index is 13.8. The zero-order valence-corrected chi connectivity index (χ0v) is 27.7. The topological polar surface area (TPSA) is 71.3 Å². The normalized spacial score (nSPS) is 11.7. The Bertz CT molecular complexity index is 1620. The summed E-state index contributed by atoms with van der Waals surface area (Å²) in [7, 11) is 0. The number of aryl methyl sites for hydroxylation is 1. The van der Waals surface area contributed by atoms with Crippen molar-refractivity contribution in [2.45, 2.75) is 57.4 Å². The monoisotopic (exact) mass is 677 g/mol. The number of thioether (sulfide) groups is 1. The van der Waals surface area contributed by atoms with E-state index in [4.69, 9.17) is 11.6 Å². The molecule has 2 aromatic carbocycles. The zero-order chi connectivity index (χ0) is 32.6. The minimum Gasteiger partial charge on any atom is -0.335 e. The highest BCUT2D eigenvalue weighted by Crippen LogP contribution is 2.31. The molecule has 0 saturated heterocycles. The SMILES string of the molecule is CCc1nn(CC(=O)N(CCN(CC)CC)Cc2ccc(-c3ccc(C(F)(F)F)cc3)cc2)c(SCc2ccc(Cl)s2)nc1=O. The molecule has 45 heavy (non-hydrogen) atoms. The number of rotatable bonds is 14. The molecule has 0 N–H and O–H groups in total. The number of hydrogen-bond donors (Lipinski definition) is 0. The molecule has 1 amide bonds. The van der Waals surface area contributed by atoms with Gasteiger partial charge in [-0.3, -0.25) is 9.59 Å². The quantitative estimate of drug-likeness (QED) is 0.131. The maximum Gasteiger partial charge on any atom is 0.416 e. The summed E-state index contributed by atoms with van der Waals surface area (Å²) < 4.78 is 41.1. The van der Waals surface area contributed by atoms with Gasteiger partial charge in [0.05, 0.1) is 9.90 Å². The third kappa shape index (κ3) is 9.65. The van der Waals surface area contributed by atoms with Crippen molar-refractivity contribution >= 4 is 40.6 Å². The molecule has 2 heterocycles. The lowest BCUT2D eigenvalue weighted by atomic mass is 10.0. The van der Waals surface area contributed by atoms with Crippen LogP contribution in [0.2, 0.25) is 4.34 Å². The van der Waals surface area contributed by atoms with Gasteiger partial charge in [0.1, 0.15) is 12.2 Å². The smallest absolute Gasteiger partial charge is 0.335 e. The molecule has 0 aliphatic heterocycles. The summed E-state index contributed by atoms with van der Waals surface area (Å²) in [5.41, 5.74) is 1.52. The number of thiophene rings is 1. The van der Waals surface area contributed by atoms with E-state index in [2.05, 4.69) is 28.8 Å². The molecule has 0 fully saturated rings. The zero-order valence-electron chi connectivity index (χ0n) is 25.3. The van der Waals surface area contributed by atoms with Crippen LogP contribution in [0, 0.1) is 0 Å². The molecule has 0 aliphatic carbocycles. The number of nitrogens with zero attached hydrogens (tertiary/aromatic N) is 5. The lowest BCUT2D eigenvalue weighted by Crippen LogP contribution is -2.40. The molecule has 0 spiro atoms. The van der Waals surface area contributed by atoms with Gasteiger partial charge in [-0.05, 0) is 60.5 Å². The van der Waals surface area contributed by atoms with E-state index in [1.54, 1.807) is 4.90 Å². The summed E-state index contributed by atoms with van der Waals surface area (Å²) in [5.74, 6) is 0.359. The third-order valence-corrected chi connectivity index (χ3v) is 9.73. The van der Waals surface area contributed by atoms with E-state index in [0.29, 0.717) is 52.6 Å². The molecule has 7 nitrogen and oxygen atoms in total. The molecule has 0 saturated carbocycles. The van der Waals surface area contributed by atoms with Crippen LogP contribution in [0.1, 0.15) is 42.5 Å². The highest BCUT2D eigenvalue weighted by Gasteiger charge is 2.30. The van der Waals surface area contributed by atoms with Crippen molar-refractivity contribution in [1.29, 1.82) is 0 Å². The van der Waals surface area contributed by atoms with E-state index in [1.165, 1.54) is 39.9 Å². The first-order chi connectivity index (χ1) is 21.5. The Morgan fingerprint density at radius 1 is 0.956 bits per heavy atom. The molecular weight excluding hydrogens is 643 g/mol. The summed E-state index contributed by atoms with van der Waals surface area (Å²) >= 11 is 8.85. The molecule has 240 valence electrons. The Morgan fingerprint density at radius 2 is 1.60 bits per heavy atom. The molecule has 0 bridgehead atoms. The van der Waals surface area contributed by atoms with Crippen molar-refractivity contribution in [3.05, 3.63) is 97.1 Å². The average molecular weight is 678 g/mol. The van der Waals surface area contributed by atoms with Crippen molar-refractivity contribution in [2.75, 3.05) is 26.2 Å². The predicted molar refractivity (Wildman–Crippen MR) is 175 cm³/mol. The van der Waals surface area contributed by atoms with Crippen LogP contribution in [0.15, 0.2) is 70.6 Å². The number of carbonyl (C=O) groups is 1. The van der Waals surface area contributed by atoms with E-state index in [-0.39, 0.29) is 12.5 Å². The number of aromatic nitrogens is 3. The Morgan fingerprint density at radius 3 is 2.16 bits per heavy atom. The van der Waals surface area contributed by atoms with Crippen LogP contribution in [0.4, 0.5) is 13.2 Å². The Balaban J connectivity index is 1.54. The first-order valence-corrected chi connectivity index (χ1v) is 16.8. The molecule has 0 aliphatic rings. The van der Waals surface area contributed by atoms with E-state index < -0.39 is 17.3 Å². The lowest BCUT2D eigenvalue weighted by Gasteiger charge is -2.27. The number of carbonyl (C=O) groups excluding carboxylic acids is 1. The van der Waals surface area contributed by atoms with Gasteiger partial charge in [-0.25, -0.2) is 4.68 Å². The second-order valence-electron chi connectivity index (χ2n) is 10.3. The number of benzene rings is 2. The maximum absolute atomic E-state index is 13.8. The number of likely N-dealkylation sites (N-methyl/N-ethyl adjacent to an activating group) is 1. The van der Waals surface area contributed by atoms with Gasteiger partial charge in [0, 0.05) is 30.3 Å². The van der Waals surface area contributed by atoms with Crippen molar-refractivity contribution in [1.82, 2.24) is 24.6 Å². The number of alkyl halides is 3. The summed E-state index contributed by atoms with van der Waals surface area (Å²) in [6.07, 6.45) is -4.00. The van der Waals surface area contributed by atoms with Crippen molar-refractivity contribution in [2.24, 2.45) is 0 Å². The van der Waals surface area contributed by atoms with E-state index in [9.17, 15) is 22.8 Å². The van der Waals surface area contributed by atoms with Crippen LogP contribution in [-0.4, -0.2) is 56.7 Å². The van der Waals surface area contributed by atoms with Gasteiger partial charge in [-0.15, -0.1) is 11.3 Å². The van der Waals surface area contributed by atoms with Gasteiger partial charge in [-0.1, -0.05) is 80.5 Å². The van der Waals surface area contributed by atoms with E-state index >= 15 is 0 Å². The second kappa shape index (κ2) is 15.9. The largest absolute Gasteiger partial charge is 0.416 e. The van der Waals surface area contributed by atoms with Crippen LogP contribution < -0.4 is 5.56 Å². The minimum atomic E-state index is -4.39. The fourth-order valence-corrected chi connectivity index (χ4v) is 6.70. The summed E-state index contributed by atoms with van der Waals surface area (Å²) in [6, 6.07) is 16.2. The standard InChI is InChI=1S/C32H35ClF3N5O2S2/c1-4-27-30(43)37-31(44-21-26-15-16-28(33)45-26)41(38-27)20-29(42)40(18-17-39(5-2)6-3)19-22-7-9-23(10-8-22)24-11-13-25(14-12-24)32(34,35)36/h7-16H,4-6,17-21H2,1-3H3. The summed E-state index contributed by atoms with van der Waals surface area (Å²) in [6.45, 7) is 9.06. The van der Waals surface area contributed by atoms with Gasteiger partial charge >= 0.3 is 6.18 Å². The lowest BCUT2D eigenvalue weighted by molar-refractivity contribution is -0.137. The first-order valence-electron chi connectivity index (χ1n) is 14.6. The van der Waals surface area contributed by atoms with Gasteiger partial charge in [0.15, 0.2) is 5.16 Å². The second-order valence-corrected chi connectivity index (χ2v) is 13.0. The fraction of sp³-hybridized carbons (Fsp3) is 0.375. The van der Waals surface area contributed by atoms with Crippen LogP contribution in [0.3, 0.4) is 0 Å². The Kier molecular flexibility index (Phi) is 12.2. The molecule has 13 heteroatoms. The van der Waals surface area contributed by atoms with Crippen LogP contribution in [-0.2, 0) is 36.2 Å². The van der Waals surface area contributed by atoms with Gasteiger partial charge in [0.2, 0.25) is 5.91 Å². The van der Waals surface area contributed by atoms with Crippen LogP contribution in [0.25, 0.3) is 11.1 Å². The molecule has 0 atom stereocenters. The first kappa shape index (κ1) is 34.7. The van der Waals surface area contributed by atoms with Gasteiger partial charge in [-0.2, -0.15) is 23.3 Å². The highest BCUT2D eigenvalue weighted by atomic mass is 35.5. The summed E-state index contributed by atoms with van der Waals surface area (Å²) in [5, 5.41) is 4.86. The van der Waals surface area contributed by atoms with Crippen molar-refractivity contribution in [3.63, 3.8) is 0 Å². The molecule has 0 unspecified atom stereocenters. The third-order valence-electron chi connectivity index (χ3n) is 7.30. The average Bonchev–Trinajstić information content (AvgIpc) is 3.45. The fourth-order valence-electron chi connectivity index (χ4n) is 4.63. The van der Waals surface area contributed by atoms with Gasteiger partial charge in [0.25, 0.3) is 5.56 Å². The number of hydrogen-bond acceptors (Lipinski definition) is 7. The predicted octanol–water partition coefficient (Wildman–Crippen LogP) is 7.26. The molecular formula is C32H35ClF3N5O2S2. The number of halogens is 4. The van der Waals surface area contributed by atoms with Crippen molar-refractivity contribution < 1.29 is 18.0 Å². The van der Waals surface area contributed by atoms with E-state index in [1.807, 2.05) is 43.3 Å². The number of amides is 1. The molecule has 4 aromatic rings. The Labute approximate surface area is 274 Å². The highest BCUT2D eigenvalue weighted by molar-refractivity contribution is 7.98. The van der Waals surface area contributed by atoms with Crippen LogP contribution >= 0.6 is 34.7 Å². The van der Waals surface area contributed by atoms with Crippen LogP contribution in [0.5, 0.6) is 0 Å². The molecule has 4 rings (SSSR count). The molecule has 0 radical (unpaired) electrons.